The smallest absolute Gasteiger partial charge is 0.0427 e. The van der Waals surface area contributed by atoms with Crippen LogP contribution in [-0.4, -0.2) is 0 Å². The standard InChI is InChI=1S/C20H14/c1-2-8-16-15(7-1)17-9-5-13-20-12-4-3-6-14(20)10-11-18(16)19(17)20/h1-13,19H. The molecule has 1 aromatic rings. The predicted molar refractivity (Wildman–Crippen MR) is 83.8 cm³/mol. The van der Waals surface area contributed by atoms with E-state index < -0.39 is 0 Å². The summed E-state index contributed by atoms with van der Waals surface area (Å²) < 4.78 is 0. The normalized spacial score (nSPS) is 31.0. The first-order valence-corrected chi connectivity index (χ1v) is 7.18. The van der Waals surface area contributed by atoms with E-state index in [0.29, 0.717) is 5.92 Å². The number of fused-ring (bicyclic) bond motifs is 3. The number of hydrogen-bond acceptors (Lipinski definition) is 0. The quantitative estimate of drug-likeness (QED) is 0.629. The molecule has 0 saturated carbocycles. The van der Waals surface area contributed by atoms with Gasteiger partial charge in [0, 0.05) is 11.3 Å². The van der Waals surface area contributed by atoms with Crippen molar-refractivity contribution >= 4 is 11.1 Å². The Kier molecular flexibility index (Phi) is 1.78. The summed E-state index contributed by atoms with van der Waals surface area (Å²) >= 11 is 0. The summed E-state index contributed by atoms with van der Waals surface area (Å²) in [4.78, 5) is 0. The number of hydrogen-bond donors (Lipinski definition) is 0. The maximum Gasteiger partial charge on any atom is 0.0427 e. The van der Waals surface area contributed by atoms with E-state index in [0.717, 1.165) is 0 Å². The van der Waals surface area contributed by atoms with Crippen molar-refractivity contribution in [3.63, 3.8) is 0 Å². The second-order valence-electron chi connectivity index (χ2n) is 5.85. The summed E-state index contributed by atoms with van der Waals surface area (Å²) in [6.45, 7) is 0. The molecular formula is C20H14. The van der Waals surface area contributed by atoms with Crippen molar-refractivity contribution in [3.8, 4) is 0 Å². The van der Waals surface area contributed by atoms with Crippen LogP contribution in [0.5, 0.6) is 0 Å². The number of allylic oxidation sites excluding steroid dienone is 12. The van der Waals surface area contributed by atoms with Gasteiger partial charge in [0.1, 0.15) is 0 Å². The molecule has 0 bridgehead atoms. The number of rotatable bonds is 0. The largest absolute Gasteiger partial charge is 0.0692 e. The molecule has 4 aliphatic carbocycles. The first kappa shape index (κ1) is 10.4. The Morgan fingerprint density at radius 3 is 2.35 bits per heavy atom. The second kappa shape index (κ2) is 3.40. The zero-order valence-electron chi connectivity index (χ0n) is 11.1. The lowest BCUT2D eigenvalue weighted by Gasteiger charge is -2.42. The molecule has 0 saturated heterocycles. The molecule has 4 aliphatic rings. The van der Waals surface area contributed by atoms with Gasteiger partial charge in [0.2, 0.25) is 0 Å². The minimum atomic E-state index is 0.0297. The minimum absolute atomic E-state index is 0.0297. The van der Waals surface area contributed by atoms with Crippen LogP contribution < -0.4 is 0 Å². The molecule has 2 unspecified atom stereocenters. The lowest BCUT2D eigenvalue weighted by molar-refractivity contribution is 0.521. The molecular weight excluding hydrogens is 240 g/mol. The highest BCUT2D eigenvalue weighted by Crippen LogP contribution is 2.61. The van der Waals surface area contributed by atoms with Gasteiger partial charge in [-0.05, 0) is 27.8 Å². The van der Waals surface area contributed by atoms with Crippen LogP contribution in [0.3, 0.4) is 0 Å². The molecule has 0 heteroatoms. The molecule has 0 heterocycles. The van der Waals surface area contributed by atoms with Gasteiger partial charge in [-0.25, -0.2) is 0 Å². The highest BCUT2D eigenvalue weighted by molar-refractivity contribution is 5.99. The first-order valence-electron chi connectivity index (χ1n) is 7.18. The van der Waals surface area contributed by atoms with Crippen LogP contribution >= 0.6 is 0 Å². The van der Waals surface area contributed by atoms with Crippen LogP contribution in [0.25, 0.3) is 11.1 Å². The van der Waals surface area contributed by atoms with Gasteiger partial charge in [-0.3, -0.25) is 0 Å². The van der Waals surface area contributed by atoms with Crippen LogP contribution in [0.4, 0.5) is 0 Å². The summed E-state index contributed by atoms with van der Waals surface area (Å²) in [6.07, 6.45) is 20.5. The zero-order valence-corrected chi connectivity index (χ0v) is 11.1. The van der Waals surface area contributed by atoms with Gasteiger partial charge in [0.15, 0.2) is 0 Å². The van der Waals surface area contributed by atoms with E-state index in [1.807, 2.05) is 0 Å². The minimum Gasteiger partial charge on any atom is -0.0692 e. The maximum atomic E-state index is 2.37. The fourth-order valence-corrected chi connectivity index (χ4v) is 4.17. The lowest BCUT2D eigenvalue weighted by Crippen LogP contribution is -2.32. The molecule has 1 spiro atoms. The van der Waals surface area contributed by atoms with Crippen molar-refractivity contribution in [3.05, 3.63) is 95.6 Å². The van der Waals surface area contributed by atoms with Crippen LogP contribution in [0.1, 0.15) is 11.1 Å². The predicted octanol–water partition coefficient (Wildman–Crippen LogP) is 4.71. The molecule has 0 aliphatic heterocycles. The average molecular weight is 254 g/mol. The van der Waals surface area contributed by atoms with Gasteiger partial charge in [0.25, 0.3) is 0 Å². The molecule has 0 nitrogen and oxygen atoms in total. The van der Waals surface area contributed by atoms with E-state index in [1.54, 1.807) is 0 Å². The van der Waals surface area contributed by atoms with Crippen LogP contribution in [0.2, 0.25) is 0 Å². The third-order valence-corrected chi connectivity index (χ3v) is 5.00. The molecule has 94 valence electrons. The summed E-state index contributed by atoms with van der Waals surface area (Å²) in [5.41, 5.74) is 7.19. The highest BCUT2D eigenvalue weighted by atomic mass is 14.5. The van der Waals surface area contributed by atoms with Gasteiger partial charge >= 0.3 is 0 Å². The third kappa shape index (κ3) is 1.05. The molecule has 0 fully saturated rings. The van der Waals surface area contributed by atoms with Crippen molar-refractivity contribution < 1.29 is 0 Å². The molecule has 0 aromatic heterocycles. The lowest BCUT2D eigenvalue weighted by atomic mass is 9.60. The first-order chi connectivity index (χ1) is 9.90. The van der Waals surface area contributed by atoms with E-state index in [9.17, 15) is 0 Å². The van der Waals surface area contributed by atoms with Gasteiger partial charge in [0.05, 0.1) is 0 Å². The van der Waals surface area contributed by atoms with Gasteiger partial charge in [-0.2, -0.15) is 0 Å². The molecule has 0 amide bonds. The van der Waals surface area contributed by atoms with E-state index >= 15 is 0 Å². The van der Waals surface area contributed by atoms with Gasteiger partial charge < -0.3 is 0 Å². The van der Waals surface area contributed by atoms with Crippen molar-refractivity contribution in [1.82, 2.24) is 0 Å². The summed E-state index contributed by atoms with van der Waals surface area (Å²) in [7, 11) is 0. The summed E-state index contributed by atoms with van der Waals surface area (Å²) in [6, 6.07) is 8.81. The second-order valence-corrected chi connectivity index (χ2v) is 5.85. The maximum absolute atomic E-state index is 2.37. The Labute approximate surface area is 118 Å². The Hall–Kier alpha value is -2.34. The average Bonchev–Trinajstić information content (AvgIpc) is 2.84. The van der Waals surface area contributed by atoms with Crippen molar-refractivity contribution in [1.29, 1.82) is 0 Å². The fraction of sp³-hybridized carbons (Fsp3) is 0.100. The van der Waals surface area contributed by atoms with Crippen molar-refractivity contribution in [2.24, 2.45) is 11.3 Å². The Bertz CT molecular complexity index is 808. The third-order valence-electron chi connectivity index (χ3n) is 5.00. The Morgan fingerprint density at radius 1 is 0.750 bits per heavy atom. The molecule has 0 radical (unpaired) electrons. The van der Waals surface area contributed by atoms with Gasteiger partial charge in [-0.15, -0.1) is 0 Å². The van der Waals surface area contributed by atoms with Crippen LogP contribution in [-0.2, 0) is 0 Å². The van der Waals surface area contributed by atoms with E-state index in [2.05, 4.69) is 78.9 Å². The van der Waals surface area contributed by atoms with Crippen molar-refractivity contribution in [2.75, 3.05) is 0 Å². The van der Waals surface area contributed by atoms with E-state index in [1.165, 1.54) is 27.8 Å². The highest BCUT2D eigenvalue weighted by Gasteiger charge is 2.48. The van der Waals surface area contributed by atoms with E-state index in [-0.39, 0.29) is 5.41 Å². The number of benzene rings is 1. The van der Waals surface area contributed by atoms with Crippen LogP contribution in [0, 0.1) is 11.3 Å². The molecule has 2 atom stereocenters. The Balaban J connectivity index is 1.88. The summed E-state index contributed by atoms with van der Waals surface area (Å²) in [5, 5.41) is 0. The Morgan fingerprint density at radius 2 is 1.50 bits per heavy atom. The molecule has 1 aromatic carbocycles. The molecule has 5 rings (SSSR count). The SMILES string of the molecule is C1=CC2=CC=C3c4ccccc4C4=CC=CC2(C=C1)C43. The molecule has 0 N–H and O–H groups in total. The summed E-state index contributed by atoms with van der Waals surface area (Å²) in [5.74, 6) is 0.450. The molecule has 20 heavy (non-hydrogen) atoms. The topological polar surface area (TPSA) is 0 Å². The van der Waals surface area contributed by atoms with Gasteiger partial charge in [-0.1, -0.05) is 78.9 Å². The fourth-order valence-electron chi connectivity index (χ4n) is 4.17. The monoisotopic (exact) mass is 254 g/mol. The van der Waals surface area contributed by atoms with Crippen molar-refractivity contribution in [2.45, 2.75) is 0 Å². The van der Waals surface area contributed by atoms with E-state index in [4.69, 9.17) is 0 Å². The zero-order chi connectivity index (χ0) is 13.2. The van der Waals surface area contributed by atoms with Crippen LogP contribution in [0.15, 0.2) is 84.5 Å².